The molecule has 4 heteroatoms. The molecule has 0 atom stereocenters. The van der Waals surface area contributed by atoms with Crippen molar-refractivity contribution in [1.29, 1.82) is 5.26 Å². The summed E-state index contributed by atoms with van der Waals surface area (Å²) in [5.74, 6) is 0.314. The summed E-state index contributed by atoms with van der Waals surface area (Å²) in [7, 11) is 0. The molecular weight excluding hydrogens is 231 g/mol. The van der Waals surface area contributed by atoms with E-state index in [1.54, 1.807) is 12.1 Å². The summed E-state index contributed by atoms with van der Waals surface area (Å²) < 4.78 is 18.9. The van der Waals surface area contributed by atoms with Gasteiger partial charge in [0, 0.05) is 25.3 Å². The van der Waals surface area contributed by atoms with Crippen LogP contribution in [0.3, 0.4) is 0 Å². The van der Waals surface area contributed by atoms with Crippen LogP contribution in [0.4, 0.5) is 4.39 Å². The van der Waals surface area contributed by atoms with Crippen molar-refractivity contribution in [3.8, 4) is 6.07 Å². The first-order chi connectivity index (χ1) is 8.79. The first-order valence-electron chi connectivity index (χ1n) is 6.26. The summed E-state index contributed by atoms with van der Waals surface area (Å²) in [5.41, 5.74) is 0.974. The number of ether oxygens (including phenoxy) is 1. The van der Waals surface area contributed by atoms with Gasteiger partial charge in [-0.25, -0.2) is 4.39 Å². The van der Waals surface area contributed by atoms with Crippen LogP contribution in [0.1, 0.15) is 24.0 Å². The predicted molar refractivity (Wildman–Crippen MR) is 66.4 cm³/mol. The molecule has 1 fully saturated rings. The monoisotopic (exact) mass is 248 g/mol. The maximum absolute atomic E-state index is 13.6. The number of nitrogens with one attached hydrogen (secondary N) is 1. The summed E-state index contributed by atoms with van der Waals surface area (Å²) in [6, 6.07) is 6.53. The summed E-state index contributed by atoms with van der Waals surface area (Å²) in [5, 5.41) is 11.9. The van der Waals surface area contributed by atoms with E-state index >= 15 is 0 Å². The number of hydrogen-bond acceptors (Lipinski definition) is 3. The van der Waals surface area contributed by atoms with Crippen LogP contribution in [0.25, 0.3) is 0 Å². The summed E-state index contributed by atoms with van der Waals surface area (Å²) in [4.78, 5) is 0. The van der Waals surface area contributed by atoms with Crippen LogP contribution >= 0.6 is 0 Å². The van der Waals surface area contributed by atoms with E-state index in [1.807, 2.05) is 6.07 Å². The lowest BCUT2D eigenvalue weighted by Gasteiger charge is -2.22. The third-order valence-electron chi connectivity index (χ3n) is 3.27. The van der Waals surface area contributed by atoms with E-state index < -0.39 is 0 Å². The fraction of sp³-hybridized carbons (Fsp3) is 0.500. The Morgan fingerprint density at radius 1 is 1.39 bits per heavy atom. The summed E-state index contributed by atoms with van der Waals surface area (Å²) in [6.45, 7) is 3.06. The number of halogens is 1. The van der Waals surface area contributed by atoms with Crippen LogP contribution in [-0.2, 0) is 11.3 Å². The average Bonchev–Trinajstić information content (AvgIpc) is 2.42. The highest BCUT2D eigenvalue weighted by Gasteiger charge is 2.13. The zero-order valence-corrected chi connectivity index (χ0v) is 10.3. The molecule has 1 saturated heterocycles. The van der Waals surface area contributed by atoms with Crippen molar-refractivity contribution in [3.05, 3.63) is 35.1 Å². The van der Waals surface area contributed by atoms with Crippen molar-refractivity contribution in [2.45, 2.75) is 19.4 Å². The van der Waals surface area contributed by atoms with Crippen molar-refractivity contribution >= 4 is 0 Å². The maximum Gasteiger partial charge on any atom is 0.129 e. The molecule has 0 amide bonds. The van der Waals surface area contributed by atoms with Gasteiger partial charge in [0.15, 0.2) is 0 Å². The first kappa shape index (κ1) is 13.0. The van der Waals surface area contributed by atoms with Gasteiger partial charge in [-0.1, -0.05) is 6.07 Å². The molecule has 1 aromatic carbocycles. The minimum absolute atomic E-state index is 0.312. The van der Waals surface area contributed by atoms with E-state index in [1.165, 1.54) is 6.07 Å². The lowest BCUT2D eigenvalue weighted by Crippen LogP contribution is -2.27. The SMILES string of the molecule is N#Cc1ccc(CNCC2CCOCC2)c(F)c1. The third-order valence-corrected chi connectivity index (χ3v) is 3.27. The highest BCUT2D eigenvalue weighted by molar-refractivity contribution is 5.32. The number of nitriles is 1. The van der Waals surface area contributed by atoms with Crippen molar-refractivity contribution in [1.82, 2.24) is 5.32 Å². The molecule has 2 rings (SSSR count). The minimum Gasteiger partial charge on any atom is -0.381 e. The van der Waals surface area contributed by atoms with E-state index in [2.05, 4.69) is 5.32 Å². The van der Waals surface area contributed by atoms with Crippen LogP contribution < -0.4 is 5.32 Å². The Morgan fingerprint density at radius 2 is 2.17 bits per heavy atom. The second kappa shape index (κ2) is 6.48. The van der Waals surface area contributed by atoms with Crippen LogP contribution in [-0.4, -0.2) is 19.8 Å². The summed E-state index contributed by atoms with van der Waals surface area (Å²) in [6.07, 6.45) is 2.14. The van der Waals surface area contributed by atoms with Crippen molar-refractivity contribution in [2.75, 3.05) is 19.8 Å². The Kier molecular flexibility index (Phi) is 4.68. The standard InChI is InChI=1S/C14H17FN2O/c15-14-7-12(8-16)1-2-13(14)10-17-9-11-3-5-18-6-4-11/h1-2,7,11,17H,3-6,9-10H2. The minimum atomic E-state index is -0.312. The van der Waals surface area contributed by atoms with Crippen LogP contribution in [0.2, 0.25) is 0 Å². The molecule has 0 saturated carbocycles. The number of benzene rings is 1. The van der Waals surface area contributed by atoms with Gasteiger partial charge in [0.2, 0.25) is 0 Å². The van der Waals surface area contributed by atoms with E-state index in [0.29, 0.717) is 23.6 Å². The summed E-state index contributed by atoms with van der Waals surface area (Å²) >= 11 is 0. The Morgan fingerprint density at radius 3 is 2.83 bits per heavy atom. The molecule has 18 heavy (non-hydrogen) atoms. The van der Waals surface area contributed by atoms with Gasteiger partial charge in [-0.05, 0) is 37.4 Å². The topological polar surface area (TPSA) is 45.0 Å². The zero-order valence-electron chi connectivity index (χ0n) is 10.3. The molecule has 1 N–H and O–H groups in total. The molecule has 0 unspecified atom stereocenters. The van der Waals surface area contributed by atoms with Crippen LogP contribution in [0.5, 0.6) is 0 Å². The first-order valence-corrected chi connectivity index (χ1v) is 6.26. The second-order valence-electron chi connectivity index (χ2n) is 4.60. The van der Waals surface area contributed by atoms with Crippen LogP contribution in [0, 0.1) is 23.1 Å². The zero-order chi connectivity index (χ0) is 12.8. The van der Waals surface area contributed by atoms with Gasteiger partial charge < -0.3 is 10.1 Å². The molecule has 1 heterocycles. The van der Waals surface area contributed by atoms with Gasteiger partial charge in [-0.3, -0.25) is 0 Å². The number of hydrogen-bond donors (Lipinski definition) is 1. The lowest BCUT2D eigenvalue weighted by molar-refractivity contribution is 0.0662. The largest absolute Gasteiger partial charge is 0.381 e. The smallest absolute Gasteiger partial charge is 0.129 e. The molecule has 0 spiro atoms. The van der Waals surface area contributed by atoms with Crippen molar-refractivity contribution in [3.63, 3.8) is 0 Å². The van der Waals surface area contributed by atoms with E-state index in [0.717, 1.165) is 32.6 Å². The molecule has 1 aliphatic heterocycles. The van der Waals surface area contributed by atoms with Gasteiger partial charge in [-0.15, -0.1) is 0 Å². The number of nitrogens with zero attached hydrogens (tertiary/aromatic N) is 1. The Hall–Kier alpha value is -1.44. The fourth-order valence-electron chi connectivity index (χ4n) is 2.12. The normalized spacial score (nSPS) is 16.4. The fourth-order valence-corrected chi connectivity index (χ4v) is 2.12. The van der Waals surface area contributed by atoms with Gasteiger partial charge in [-0.2, -0.15) is 5.26 Å². The van der Waals surface area contributed by atoms with Crippen molar-refractivity contribution in [2.24, 2.45) is 5.92 Å². The Balaban J connectivity index is 1.81. The quantitative estimate of drug-likeness (QED) is 0.888. The van der Waals surface area contributed by atoms with Crippen LogP contribution in [0.15, 0.2) is 18.2 Å². The molecule has 3 nitrogen and oxygen atoms in total. The van der Waals surface area contributed by atoms with Gasteiger partial charge in [0.1, 0.15) is 5.82 Å². The lowest BCUT2D eigenvalue weighted by atomic mass is 10.0. The van der Waals surface area contributed by atoms with E-state index in [9.17, 15) is 4.39 Å². The Bertz CT molecular complexity index is 436. The molecule has 0 aliphatic carbocycles. The van der Waals surface area contributed by atoms with Crippen molar-refractivity contribution < 1.29 is 9.13 Å². The highest BCUT2D eigenvalue weighted by atomic mass is 19.1. The van der Waals surface area contributed by atoms with E-state index in [4.69, 9.17) is 10.00 Å². The van der Waals surface area contributed by atoms with E-state index in [-0.39, 0.29) is 5.82 Å². The predicted octanol–water partition coefficient (Wildman–Crippen LogP) is 2.21. The molecule has 0 radical (unpaired) electrons. The van der Waals surface area contributed by atoms with Gasteiger partial charge in [0.05, 0.1) is 11.6 Å². The molecular formula is C14H17FN2O. The average molecular weight is 248 g/mol. The molecule has 0 aromatic heterocycles. The van der Waals surface area contributed by atoms with Gasteiger partial charge >= 0.3 is 0 Å². The van der Waals surface area contributed by atoms with Gasteiger partial charge in [0.25, 0.3) is 0 Å². The third kappa shape index (κ3) is 3.52. The highest BCUT2D eigenvalue weighted by Crippen LogP contribution is 2.14. The molecule has 0 bridgehead atoms. The Labute approximate surface area is 107 Å². The second-order valence-corrected chi connectivity index (χ2v) is 4.60. The maximum atomic E-state index is 13.6. The molecule has 1 aliphatic rings. The molecule has 96 valence electrons. The number of rotatable bonds is 4. The molecule has 1 aromatic rings.